The summed E-state index contributed by atoms with van der Waals surface area (Å²) in [6.45, 7) is 0.423. The molecule has 0 amide bonds. The normalized spacial score (nSPS) is 23.1. The van der Waals surface area contributed by atoms with Gasteiger partial charge in [-0.2, -0.15) is 0 Å². The summed E-state index contributed by atoms with van der Waals surface area (Å²) < 4.78 is 33.1. The maximum absolute atomic E-state index is 12.3. The van der Waals surface area contributed by atoms with Crippen LogP contribution in [-0.4, -0.2) is 38.9 Å². The highest BCUT2D eigenvalue weighted by Gasteiger charge is 2.34. The van der Waals surface area contributed by atoms with Crippen molar-refractivity contribution in [3.8, 4) is 0 Å². The van der Waals surface area contributed by atoms with Gasteiger partial charge in [-0.3, -0.25) is 0 Å². The molecule has 0 bridgehead atoms. The average Bonchev–Trinajstić information content (AvgIpc) is 2.73. The molecule has 4 N–H and O–H groups in total. The molecule has 0 saturated carbocycles. The maximum Gasteiger partial charge on any atom is 0.243 e. The zero-order valence-corrected chi connectivity index (χ0v) is 14.4. The summed E-state index contributed by atoms with van der Waals surface area (Å²) in [5.74, 6) is 0. The second kappa shape index (κ2) is 5.90. The Morgan fingerprint density at radius 3 is 2.70 bits per heavy atom. The van der Waals surface area contributed by atoms with Crippen molar-refractivity contribution in [1.29, 1.82) is 0 Å². The van der Waals surface area contributed by atoms with E-state index in [0.29, 0.717) is 22.0 Å². The molecule has 1 heterocycles. The van der Waals surface area contributed by atoms with E-state index in [-0.39, 0.29) is 23.7 Å². The second-order valence-corrected chi connectivity index (χ2v) is 8.13. The number of anilines is 1. The molecule has 1 atom stereocenters. The molecule has 112 valence electrons. The molecule has 1 aromatic carbocycles. The van der Waals surface area contributed by atoms with Gasteiger partial charge in [0.05, 0.1) is 12.3 Å². The highest BCUT2D eigenvalue weighted by molar-refractivity contribution is 9.11. The van der Waals surface area contributed by atoms with E-state index in [0.717, 1.165) is 0 Å². The van der Waals surface area contributed by atoms with Crippen molar-refractivity contribution < 1.29 is 18.3 Å². The molecule has 0 radical (unpaired) electrons. The van der Waals surface area contributed by atoms with E-state index in [1.165, 1.54) is 6.07 Å². The fourth-order valence-electron chi connectivity index (χ4n) is 1.90. The van der Waals surface area contributed by atoms with E-state index >= 15 is 0 Å². The molecule has 2 rings (SSSR count). The highest BCUT2D eigenvalue weighted by Crippen LogP contribution is 2.31. The number of nitrogen functional groups attached to an aromatic ring is 1. The number of hydrogen-bond acceptors (Lipinski definition) is 5. The predicted molar refractivity (Wildman–Crippen MR) is 81.8 cm³/mol. The van der Waals surface area contributed by atoms with E-state index in [4.69, 9.17) is 10.5 Å². The van der Waals surface area contributed by atoms with Crippen molar-refractivity contribution in [3.63, 3.8) is 0 Å². The average molecular weight is 430 g/mol. The molecule has 1 fully saturated rings. The predicted octanol–water partition coefficient (Wildman–Crippen LogP) is 1.22. The van der Waals surface area contributed by atoms with Crippen LogP contribution in [0, 0.1) is 0 Å². The fraction of sp³-hybridized carbons (Fsp3) is 0.455. The van der Waals surface area contributed by atoms with E-state index in [1.54, 1.807) is 6.07 Å². The summed E-state index contributed by atoms with van der Waals surface area (Å²) in [4.78, 5) is -0.0387. The van der Waals surface area contributed by atoms with Gasteiger partial charge < -0.3 is 15.6 Å². The molecule has 1 saturated heterocycles. The minimum Gasteiger partial charge on any atom is -0.398 e. The fourth-order valence-corrected chi connectivity index (χ4v) is 5.09. The molecule has 9 heteroatoms. The van der Waals surface area contributed by atoms with Crippen LogP contribution in [-0.2, 0) is 14.8 Å². The lowest BCUT2D eigenvalue weighted by atomic mass is 10.1. The zero-order valence-electron chi connectivity index (χ0n) is 10.4. The first-order valence-electron chi connectivity index (χ1n) is 5.78. The first-order chi connectivity index (χ1) is 9.23. The Bertz CT molecular complexity index is 592. The number of nitrogens with one attached hydrogen (secondary N) is 1. The number of benzene rings is 1. The largest absolute Gasteiger partial charge is 0.398 e. The van der Waals surface area contributed by atoms with Crippen molar-refractivity contribution in [1.82, 2.24) is 4.72 Å². The summed E-state index contributed by atoms with van der Waals surface area (Å²) in [5.41, 5.74) is 4.71. The van der Waals surface area contributed by atoms with Crippen molar-refractivity contribution in [3.05, 3.63) is 21.1 Å². The lowest BCUT2D eigenvalue weighted by Gasteiger charge is -2.21. The van der Waals surface area contributed by atoms with Crippen molar-refractivity contribution in [2.24, 2.45) is 0 Å². The summed E-state index contributed by atoms with van der Waals surface area (Å²) >= 11 is 6.42. The van der Waals surface area contributed by atoms with Gasteiger partial charge in [-0.15, -0.1) is 0 Å². The van der Waals surface area contributed by atoms with E-state index in [1.807, 2.05) is 0 Å². The molecule has 20 heavy (non-hydrogen) atoms. The molecular weight excluding hydrogens is 416 g/mol. The van der Waals surface area contributed by atoms with Crippen LogP contribution < -0.4 is 10.5 Å². The number of sulfonamides is 1. The number of aliphatic hydroxyl groups is 1. The van der Waals surface area contributed by atoms with E-state index < -0.39 is 15.6 Å². The van der Waals surface area contributed by atoms with Crippen LogP contribution in [0.5, 0.6) is 0 Å². The number of ether oxygens (including phenoxy) is 1. The summed E-state index contributed by atoms with van der Waals surface area (Å²) in [5, 5.41) is 10.1. The van der Waals surface area contributed by atoms with Crippen LogP contribution in [0.2, 0.25) is 0 Å². The molecule has 1 aliphatic rings. The molecule has 0 aromatic heterocycles. The van der Waals surface area contributed by atoms with Crippen LogP contribution in [0.3, 0.4) is 0 Å². The van der Waals surface area contributed by atoms with Gasteiger partial charge >= 0.3 is 0 Å². The quantitative estimate of drug-likeness (QED) is 0.624. The number of rotatable bonds is 4. The Hall–Kier alpha value is -0.190. The minimum absolute atomic E-state index is 0.0387. The van der Waals surface area contributed by atoms with Gasteiger partial charge in [0.15, 0.2) is 0 Å². The lowest BCUT2D eigenvalue weighted by molar-refractivity contribution is 0.0314. The van der Waals surface area contributed by atoms with Crippen LogP contribution >= 0.6 is 31.9 Å². The standard InChI is InChI=1S/C11H14Br2N2O4S/c12-7-3-8(13)10(9(14)4-7)20(17,18)15-5-11(16)1-2-19-6-11/h3-4,15-16H,1-2,5-6,14H2. The first-order valence-corrected chi connectivity index (χ1v) is 8.85. The summed E-state index contributed by atoms with van der Waals surface area (Å²) in [7, 11) is -3.82. The SMILES string of the molecule is Nc1cc(Br)cc(Br)c1S(=O)(=O)NCC1(O)CCOC1. The third-order valence-corrected chi connectivity index (χ3v) is 5.84. The van der Waals surface area contributed by atoms with Crippen LogP contribution in [0.25, 0.3) is 0 Å². The highest BCUT2D eigenvalue weighted by atomic mass is 79.9. The van der Waals surface area contributed by atoms with Gasteiger partial charge in [-0.05, 0) is 28.1 Å². The third kappa shape index (κ3) is 3.52. The van der Waals surface area contributed by atoms with Crippen LogP contribution in [0.1, 0.15) is 6.42 Å². The summed E-state index contributed by atoms with van der Waals surface area (Å²) in [6.07, 6.45) is 0.395. The molecule has 1 aliphatic heterocycles. The van der Waals surface area contributed by atoms with Gasteiger partial charge in [0.25, 0.3) is 0 Å². The second-order valence-electron chi connectivity index (χ2n) is 4.66. The third-order valence-electron chi connectivity index (χ3n) is 2.98. The van der Waals surface area contributed by atoms with Crippen molar-refractivity contribution >= 4 is 47.6 Å². The van der Waals surface area contributed by atoms with Crippen molar-refractivity contribution in [2.75, 3.05) is 25.5 Å². The number of halogens is 2. The minimum atomic E-state index is -3.82. The van der Waals surface area contributed by atoms with Crippen LogP contribution in [0.15, 0.2) is 26.0 Å². The maximum atomic E-state index is 12.3. The van der Waals surface area contributed by atoms with Gasteiger partial charge in [-0.25, -0.2) is 13.1 Å². The topological polar surface area (TPSA) is 102 Å². The van der Waals surface area contributed by atoms with Gasteiger partial charge in [0.1, 0.15) is 10.5 Å². The number of nitrogens with two attached hydrogens (primary N) is 1. The Morgan fingerprint density at radius 1 is 1.45 bits per heavy atom. The molecule has 6 nitrogen and oxygen atoms in total. The monoisotopic (exact) mass is 428 g/mol. The van der Waals surface area contributed by atoms with Gasteiger partial charge in [-0.1, -0.05) is 15.9 Å². The Morgan fingerprint density at radius 2 is 2.15 bits per heavy atom. The smallest absolute Gasteiger partial charge is 0.243 e. The lowest BCUT2D eigenvalue weighted by Crippen LogP contribution is -2.43. The number of hydrogen-bond donors (Lipinski definition) is 3. The Balaban J connectivity index is 2.23. The molecule has 1 unspecified atom stereocenters. The van der Waals surface area contributed by atoms with E-state index in [2.05, 4.69) is 36.6 Å². The summed E-state index contributed by atoms with van der Waals surface area (Å²) in [6, 6.07) is 3.10. The molecule has 1 aromatic rings. The molecule has 0 spiro atoms. The van der Waals surface area contributed by atoms with Gasteiger partial charge in [0, 0.05) is 28.5 Å². The van der Waals surface area contributed by atoms with Crippen LogP contribution in [0.4, 0.5) is 5.69 Å². The Labute approximate surface area is 134 Å². The molecular formula is C11H14Br2N2O4S. The Kier molecular flexibility index (Phi) is 4.77. The van der Waals surface area contributed by atoms with E-state index in [9.17, 15) is 13.5 Å². The molecule has 0 aliphatic carbocycles. The first kappa shape index (κ1) is 16.2. The van der Waals surface area contributed by atoms with Crippen molar-refractivity contribution in [2.45, 2.75) is 16.9 Å². The zero-order chi connectivity index (χ0) is 15.0. The van der Waals surface area contributed by atoms with Gasteiger partial charge in [0.2, 0.25) is 10.0 Å².